The van der Waals surface area contributed by atoms with E-state index in [1.807, 2.05) is 0 Å². The molecule has 0 radical (unpaired) electrons. The summed E-state index contributed by atoms with van der Waals surface area (Å²) in [6.45, 7) is 1.46. The molecule has 2 nitrogen and oxygen atoms in total. The average molecular weight is 228 g/mol. The van der Waals surface area contributed by atoms with E-state index in [1.165, 1.54) is 14.0 Å². The van der Waals surface area contributed by atoms with Gasteiger partial charge in [0, 0.05) is 7.05 Å². The molecular formula is C8H9F5N2. The summed E-state index contributed by atoms with van der Waals surface area (Å²) in [6, 6.07) is 0. The van der Waals surface area contributed by atoms with E-state index in [-0.39, 0.29) is 12.1 Å². The molecule has 0 unspecified atom stereocenters. The van der Waals surface area contributed by atoms with Gasteiger partial charge in [0.25, 0.3) is 6.43 Å². The van der Waals surface area contributed by atoms with Gasteiger partial charge in [-0.15, -0.1) is 0 Å². The van der Waals surface area contributed by atoms with E-state index in [4.69, 9.17) is 0 Å². The van der Waals surface area contributed by atoms with Crippen LogP contribution in [0.1, 0.15) is 30.3 Å². The van der Waals surface area contributed by atoms with Crippen LogP contribution < -0.4 is 0 Å². The lowest BCUT2D eigenvalue weighted by atomic mass is 10.1. The number of halogens is 5. The molecule has 1 rings (SSSR count). The molecule has 0 aliphatic rings. The van der Waals surface area contributed by atoms with Gasteiger partial charge in [-0.3, -0.25) is 4.68 Å². The molecule has 1 heterocycles. The van der Waals surface area contributed by atoms with Crippen molar-refractivity contribution in [2.24, 2.45) is 7.05 Å². The maximum Gasteiger partial charge on any atom is 0.420 e. The largest absolute Gasteiger partial charge is 0.420 e. The van der Waals surface area contributed by atoms with Crippen LogP contribution in [0, 0.1) is 0 Å². The third-order valence-corrected chi connectivity index (χ3v) is 2.02. The fourth-order valence-corrected chi connectivity index (χ4v) is 1.45. The average Bonchev–Trinajstić information content (AvgIpc) is 2.41. The van der Waals surface area contributed by atoms with Crippen LogP contribution in [-0.2, 0) is 19.6 Å². The lowest BCUT2D eigenvalue weighted by Gasteiger charge is -2.08. The van der Waals surface area contributed by atoms with Gasteiger partial charge in [0.2, 0.25) is 0 Å². The molecule has 0 aliphatic heterocycles. The SMILES string of the molecule is CCc1c(C(F)(F)F)c(C(F)F)nn1C. The van der Waals surface area contributed by atoms with E-state index in [9.17, 15) is 22.0 Å². The summed E-state index contributed by atoms with van der Waals surface area (Å²) in [5.74, 6) is 0. The van der Waals surface area contributed by atoms with Crippen molar-refractivity contribution in [2.75, 3.05) is 0 Å². The minimum absolute atomic E-state index is 0.00502. The first kappa shape index (κ1) is 11.9. The number of aromatic nitrogens is 2. The molecule has 0 amide bonds. The molecule has 0 fully saturated rings. The molecule has 0 aliphatic carbocycles. The molecule has 0 saturated carbocycles. The van der Waals surface area contributed by atoms with Gasteiger partial charge in [0.15, 0.2) is 0 Å². The third-order valence-electron chi connectivity index (χ3n) is 2.02. The Bertz CT molecular complexity index is 353. The van der Waals surface area contributed by atoms with Crippen molar-refractivity contribution in [1.82, 2.24) is 9.78 Å². The summed E-state index contributed by atoms with van der Waals surface area (Å²) < 4.78 is 62.9. The van der Waals surface area contributed by atoms with E-state index in [1.54, 1.807) is 0 Å². The number of hydrogen-bond acceptors (Lipinski definition) is 1. The first-order valence-corrected chi connectivity index (χ1v) is 4.20. The topological polar surface area (TPSA) is 17.8 Å². The molecular weight excluding hydrogens is 219 g/mol. The van der Waals surface area contributed by atoms with Crippen molar-refractivity contribution in [3.63, 3.8) is 0 Å². The van der Waals surface area contributed by atoms with Gasteiger partial charge >= 0.3 is 6.18 Å². The van der Waals surface area contributed by atoms with Crippen molar-refractivity contribution in [1.29, 1.82) is 0 Å². The zero-order chi connectivity index (χ0) is 11.8. The molecule has 7 heteroatoms. The van der Waals surface area contributed by atoms with Crippen LogP contribution >= 0.6 is 0 Å². The molecule has 1 aromatic rings. The Morgan fingerprint density at radius 2 is 1.87 bits per heavy atom. The Morgan fingerprint density at radius 1 is 1.33 bits per heavy atom. The Kier molecular flexibility index (Phi) is 3.01. The molecule has 0 bridgehead atoms. The van der Waals surface area contributed by atoms with E-state index in [2.05, 4.69) is 5.10 Å². The Balaban J connectivity index is 3.42. The van der Waals surface area contributed by atoms with Crippen LogP contribution in [0.25, 0.3) is 0 Å². The Morgan fingerprint density at radius 3 is 2.20 bits per heavy atom. The van der Waals surface area contributed by atoms with Gasteiger partial charge in [-0.25, -0.2) is 8.78 Å². The van der Waals surface area contributed by atoms with E-state index < -0.39 is 23.9 Å². The quantitative estimate of drug-likeness (QED) is 0.711. The molecule has 0 atom stereocenters. The van der Waals surface area contributed by atoms with Crippen molar-refractivity contribution in [3.05, 3.63) is 17.0 Å². The molecule has 15 heavy (non-hydrogen) atoms. The van der Waals surface area contributed by atoms with Gasteiger partial charge in [-0.1, -0.05) is 6.92 Å². The minimum atomic E-state index is -4.79. The molecule has 0 N–H and O–H groups in total. The number of aryl methyl sites for hydroxylation is 1. The summed E-state index contributed by atoms with van der Waals surface area (Å²) in [6.07, 6.45) is -8.00. The van der Waals surface area contributed by atoms with E-state index in [0.29, 0.717) is 0 Å². The molecule has 0 spiro atoms. The van der Waals surface area contributed by atoms with E-state index >= 15 is 0 Å². The van der Waals surface area contributed by atoms with Crippen molar-refractivity contribution in [2.45, 2.75) is 25.9 Å². The number of alkyl halides is 5. The summed E-state index contributed by atoms with van der Waals surface area (Å²) in [4.78, 5) is 0. The standard InChI is InChI=1S/C8H9F5N2/c1-3-4-5(8(11,12)13)6(7(9)10)14-15(4)2/h7H,3H2,1-2H3. The molecule has 0 aromatic carbocycles. The van der Waals surface area contributed by atoms with Gasteiger partial charge in [0.05, 0.1) is 5.69 Å². The molecule has 86 valence electrons. The van der Waals surface area contributed by atoms with Crippen LogP contribution in [0.4, 0.5) is 22.0 Å². The fourth-order valence-electron chi connectivity index (χ4n) is 1.45. The fraction of sp³-hybridized carbons (Fsp3) is 0.625. The van der Waals surface area contributed by atoms with E-state index in [0.717, 1.165) is 4.68 Å². The number of hydrogen-bond donors (Lipinski definition) is 0. The van der Waals surface area contributed by atoms with Crippen LogP contribution in [0.5, 0.6) is 0 Å². The lowest BCUT2D eigenvalue weighted by molar-refractivity contribution is -0.140. The smallest absolute Gasteiger partial charge is 0.272 e. The Labute approximate surface area is 82.7 Å². The predicted molar refractivity (Wildman–Crippen MR) is 42.5 cm³/mol. The summed E-state index contributed by atoms with van der Waals surface area (Å²) in [7, 11) is 1.22. The molecule has 1 aromatic heterocycles. The van der Waals surface area contributed by atoms with Crippen LogP contribution in [0.2, 0.25) is 0 Å². The second-order valence-corrected chi connectivity index (χ2v) is 2.98. The number of nitrogens with zero attached hydrogens (tertiary/aromatic N) is 2. The third kappa shape index (κ3) is 2.10. The van der Waals surface area contributed by atoms with Crippen molar-refractivity contribution < 1.29 is 22.0 Å². The zero-order valence-corrected chi connectivity index (χ0v) is 8.07. The van der Waals surface area contributed by atoms with Gasteiger partial charge in [0.1, 0.15) is 11.3 Å². The summed E-state index contributed by atoms with van der Waals surface area (Å²) >= 11 is 0. The van der Waals surface area contributed by atoms with Crippen molar-refractivity contribution >= 4 is 0 Å². The van der Waals surface area contributed by atoms with Crippen LogP contribution in [0.3, 0.4) is 0 Å². The molecule has 0 saturated heterocycles. The highest BCUT2D eigenvalue weighted by Gasteiger charge is 2.41. The normalized spacial score (nSPS) is 12.5. The first-order chi connectivity index (χ1) is 6.79. The highest BCUT2D eigenvalue weighted by Crippen LogP contribution is 2.38. The highest BCUT2D eigenvalue weighted by atomic mass is 19.4. The van der Waals surface area contributed by atoms with Gasteiger partial charge in [-0.05, 0) is 6.42 Å². The van der Waals surface area contributed by atoms with Gasteiger partial charge < -0.3 is 0 Å². The summed E-state index contributed by atoms with van der Waals surface area (Å²) in [5, 5.41) is 3.19. The maximum atomic E-state index is 12.5. The lowest BCUT2D eigenvalue weighted by Crippen LogP contribution is -2.11. The van der Waals surface area contributed by atoms with Crippen LogP contribution in [0.15, 0.2) is 0 Å². The zero-order valence-electron chi connectivity index (χ0n) is 8.07. The predicted octanol–water partition coefficient (Wildman–Crippen LogP) is 2.94. The highest BCUT2D eigenvalue weighted by molar-refractivity contribution is 5.30. The second-order valence-electron chi connectivity index (χ2n) is 2.98. The summed E-state index contributed by atoms with van der Waals surface area (Å²) in [5.41, 5.74) is -2.72. The van der Waals surface area contributed by atoms with Crippen LogP contribution in [-0.4, -0.2) is 9.78 Å². The first-order valence-electron chi connectivity index (χ1n) is 4.20. The maximum absolute atomic E-state index is 12.5. The minimum Gasteiger partial charge on any atom is -0.272 e. The Hall–Kier alpha value is -1.14. The number of rotatable bonds is 2. The van der Waals surface area contributed by atoms with Crippen molar-refractivity contribution in [3.8, 4) is 0 Å². The van der Waals surface area contributed by atoms with Gasteiger partial charge in [-0.2, -0.15) is 18.3 Å². The monoisotopic (exact) mass is 228 g/mol. The second kappa shape index (κ2) is 3.79.